The average Bonchev–Trinajstić information content (AvgIpc) is 3.40. The summed E-state index contributed by atoms with van der Waals surface area (Å²) in [5.41, 5.74) is 2.24. The molecule has 0 aliphatic heterocycles. The molecule has 1 atom stereocenters. The molecule has 0 amide bonds. The second kappa shape index (κ2) is 7.35. The summed E-state index contributed by atoms with van der Waals surface area (Å²) < 4.78 is 13.8. The van der Waals surface area contributed by atoms with Gasteiger partial charge in [-0.15, -0.1) is 0 Å². The Kier molecular flexibility index (Phi) is 5.18. The molecule has 3 rings (SSSR count). The van der Waals surface area contributed by atoms with E-state index >= 15 is 0 Å². The number of aliphatic hydroxyl groups is 1. The number of nitrogens with one attached hydrogen (secondary N) is 2. The molecular formula is C19H25FN4O. The van der Waals surface area contributed by atoms with Crippen LogP contribution < -0.4 is 10.6 Å². The Morgan fingerprint density at radius 1 is 1.24 bits per heavy atom. The molecule has 25 heavy (non-hydrogen) atoms. The number of aromatic nitrogens is 2. The van der Waals surface area contributed by atoms with Crippen LogP contribution in [-0.4, -0.2) is 27.7 Å². The standard InChI is InChI=1S/C19H25FN4O/c1-11(2)17(10-25)23-19-22-16(13-5-6-13)9-18(24-19)21-14-7-4-12(3)15(20)8-14/h4,7-9,11,13,17,25H,5-6,10H2,1-3H3,(H2,21,22,23,24)/t17-/m1/s1. The van der Waals surface area contributed by atoms with Gasteiger partial charge in [0, 0.05) is 17.7 Å². The number of rotatable bonds is 7. The predicted molar refractivity (Wildman–Crippen MR) is 97.8 cm³/mol. The van der Waals surface area contributed by atoms with Crippen LogP contribution in [-0.2, 0) is 0 Å². The number of nitrogens with zero attached hydrogens (tertiary/aromatic N) is 2. The summed E-state index contributed by atoms with van der Waals surface area (Å²) in [6, 6.07) is 6.84. The molecule has 1 aliphatic carbocycles. The van der Waals surface area contributed by atoms with E-state index < -0.39 is 0 Å². The molecule has 0 bridgehead atoms. The molecule has 5 nitrogen and oxygen atoms in total. The molecule has 0 radical (unpaired) electrons. The number of halogens is 1. The SMILES string of the molecule is Cc1ccc(Nc2cc(C3CC3)nc(N[C@H](CO)C(C)C)n2)cc1F. The van der Waals surface area contributed by atoms with Crippen LogP contribution in [0.5, 0.6) is 0 Å². The fraction of sp³-hybridized carbons (Fsp3) is 0.474. The van der Waals surface area contributed by atoms with E-state index in [4.69, 9.17) is 0 Å². The third-order valence-electron chi connectivity index (χ3n) is 4.50. The molecule has 0 spiro atoms. The van der Waals surface area contributed by atoms with Crippen molar-refractivity contribution in [2.75, 3.05) is 17.2 Å². The van der Waals surface area contributed by atoms with Gasteiger partial charge in [-0.1, -0.05) is 19.9 Å². The van der Waals surface area contributed by atoms with Gasteiger partial charge in [-0.25, -0.2) is 9.37 Å². The third-order valence-corrected chi connectivity index (χ3v) is 4.50. The molecule has 3 N–H and O–H groups in total. The fourth-order valence-electron chi connectivity index (χ4n) is 2.59. The van der Waals surface area contributed by atoms with E-state index in [1.807, 2.05) is 26.0 Å². The third kappa shape index (κ3) is 4.45. The highest BCUT2D eigenvalue weighted by molar-refractivity contribution is 5.58. The van der Waals surface area contributed by atoms with Crippen molar-refractivity contribution in [2.24, 2.45) is 5.92 Å². The first kappa shape index (κ1) is 17.6. The molecule has 1 aliphatic rings. The van der Waals surface area contributed by atoms with Crippen molar-refractivity contribution in [3.8, 4) is 0 Å². The lowest BCUT2D eigenvalue weighted by molar-refractivity contribution is 0.248. The summed E-state index contributed by atoms with van der Waals surface area (Å²) in [5.74, 6) is 1.58. The number of hydrogen-bond acceptors (Lipinski definition) is 5. The Balaban J connectivity index is 1.86. The van der Waals surface area contributed by atoms with Crippen molar-refractivity contribution < 1.29 is 9.50 Å². The number of hydrogen-bond donors (Lipinski definition) is 3. The molecular weight excluding hydrogens is 319 g/mol. The highest BCUT2D eigenvalue weighted by Crippen LogP contribution is 2.40. The van der Waals surface area contributed by atoms with Crippen molar-refractivity contribution in [1.29, 1.82) is 0 Å². The first-order valence-corrected chi connectivity index (χ1v) is 8.76. The minimum atomic E-state index is -0.250. The van der Waals surface area contributed by atoms with Crippen LogP contribution >= 0.6 is 0 Å². The van der Waals surface area contributed by atoms with Gasteiger partial charge < -0.3 is 15.7 Å². The smallest absolute Gasteiger partial charge is 0.225 e. The summed E-state index contributed by atoms with van der Waals surface area (Å²) >= 11 is 0. The lowest BCUT2D eigenvalue weighted by atomic mass is 10.1. The van der Waals surface area contributed by atoms with Crippen molar-refractivity contribution in [3.05, 3.63) is 41.3 Å². The molecule has 1 heterocycles. The lowest BCUT2D eigenvalue weighted by Gasteiger charge is -2.20. The quantitative estimate of drug-likeness (QED) is 0.709. The van der Waals surface area contributed by atoms with E-state index in [9.17, 15) is 9.50 Å². The zero-order valence-electron chi connectivity index (χ0n) is 14.9. The zero-order valence-corrected chi connectivity index (χ0v) is 14.9. The zero-order chi connectivity index (χ0) is 18.0. The number of aryl methyl sites for hydroxylation is 1. The Morgan fingerprint density at radius 2 is 2.00 bits per heavy atom. The van der Waals surface area contributed by atoms with E-state index in [1.165, 1.54) is 6.07 Å². The van der Waals surface area contributed by atoms with Crippen LogP contribution in [0.2, 0.25) is 0 Å². The molecule has 0 unspecified atom stereocenters. The average molecular weight is 344 g/mol. The summed E-state index contributed by atoms with van der Waals surface area (Å²) in [4.78, 5) is 9.09. The highest BCUT2D eigenvalue weighted by Gasteiger charge is 2.26. The Morgan fingerprint density at radius 3 is 2.60 bits per heavy atom. The van der Waals surface area contributed by atoms with Crippen molar-refractivity contribution in [3.63, 3.8) is 0 Å². The number of benzene rings is 1. The summed E-state index contributed by atoms with van der Waals surface area (Å²) in [5, 5.41) is 15.9. The van der Waals surface area contributed by atoms with E-state index in [-0.39, 0.29) is 24.4 Å². The van der Waals surface area contributed by atoms with Gasteiger partial charge in [0.15, 0.2) is 0 Å². The van der Waals surface area contributed by atoms with Crippen LogP contribution in [0.4, 0.5) is 21.8 Å². The topological polar surface area (TPSA) is 70.1 Å². The normalized spacial score (nSPS) is 15.3. The Labute approximate surface area is 147 Å². The first-order chi connectivity index (χ1) is 12.0. The minimum Gasteiger partial charge on any atom is -0.394 e. The molecule has 134 valence electrons. The van der Waals surface area contributed by atoms with Crippen LogP contribution in [0, 0.1) is 18.7 Å². The monoisotopic (exact) mass is 344 g/mol. The van der Waals surface area contributed by atoms with Crippen LogP contribution in [0.3, 0.4) is 0 Å². The maximum Gasteiger partial charge on any atom is 0.225 e. The maximum atomic E-state index is 13.8. The molecule has 1 saturated carbocycles. The maximum absolute atomic E-state index is 13.8. The van der Waals surface area contributed by atoms with Crippen molar-refractivity contribution >= 4 is 17.5 Å². The number of aliphatic hydroxyl groups excluding tert-OH is 1. The second-order valence-corrected chi connectivity index (χ2v) is 7.04. The molecule has 2 aromatic rings. The first-order valence-electron chi connectivity index (χ1n) is 8.76. The highest BCUT2D eigenvalue weighted by atomic mass is 19.1. The fourth-order valence-corrected chi connectivity index (χ4v) is 2.59. The van der Waals surface area contributed by atoms with Gasteiger partial charge in [0.2, 0.25) is 5.95 Å². The largest absolute Gasteiger partial charge is 0.394 e. The van der Waals surface area contributed by atoms with E-state index in [1.54, 1.807) is 13.0 Å². The molecule has 1 fully saturated rings. The molecule has 1 aromatic heterocycles. The van der Waals surface area contributed by atoms with Crippen LogP contribution in [0.15, 0.2) is 24.3 Å². The summed E-state index contributed by atoms with van der Waals surface area (Å²) in [6.07, 6.45) is 2.26. The van der Waals surface area contributed by atoms with Gasteiger partial charge in [0.1, 0.15) is 11.6 Å². The Hall–Kier alpha value is -2.21. The number of anilines is 3. The summed E-state index contributed by atoms with van der Waals surface area (Å²) in [7, 11) is 0. The van der Waals surface area contributed by atoms with Crippen molar-refractivity contribution in [2.45, 2.75) is 45.6 Å². The van der Waals surface area contributed by atoms with Gasteiger partial charge in [-0.05, 0) is 43.4 Å². The minimum absolute atomic E-state index is 0.0145. The van der Waals surface area contributed by atoms with E-state index in [0.717, 1.165) is 18.5 Å². The van der Waals surface area contributed by atoms with Crippen LogP contribution in [0.25, 0.3) is 0 Å². The van der Waals surface area contributed by atoms with Gasteiger partial charge in [-0.2, -0.15) is 4.98 Å². The van der Waals surface area contributed by atoms with Crippen LogP contribution in [0.1, 0.15) is 43.9 Å². The Bertz CT molecular complexity index is 746. The molecule has 0 saturated heterocycles. The van der Waals surface area contributed by atoms with Gasteiger partial charge in [0.25, 0.3) is 0 Å². The van der Waals surface area contributed by atoms with Crippen molar-refractivity contribution in [1.82, 2.24) is 9.97 Å². The van der Waals surface area contributed by atoms with E-state index in [0.29, 0.717) is 28.9 Å². The molecule has 1 aromatic carbocycles. The second-order valence-electron chi connectivity index (χ2n) is 7.04. The van der Waals surface area contributed by atoms with E-state index in [2.05, 4.69) is 20.6 Å². The summed E-state index contributed by atoms with van der Waals surface area (Å²) in [6.45, 7) is 5.82. The predicted octanol–water partition coefficient (Wildman–Crippen LogP) is 3.97. The lowest BCUT2D eigenvalue weighted by Crippen LogP contribution is -2.30. The van der Waals surface area contributed by atoms with Gasteiger partial charge in [0.05, 0.1) is 18.3 Å². The van der Waals surface area contributed by atoms with Gasteiger partial charge in [-0.3, -0.25) is 0 Å². The van der Waals surface area contributed by atoms with Gasteiger partial charge >= 0.3 is 0 Å². The molecule has 6 heteroatoms.